The van der Waals surface area contributed by atoms with Crippen LogP contribution in [0.4, 0.5) is 22.8 Å². The first-order valence-corrected chi connectivity index (χ1v) is 15.9. The molecule has 0 bridgehead atoms. The molecule has 0 spiro atoms. The highest BCUT2D eigenvalue weighted by Crippen LogP contribution is 2.33. The monoisotopic (exact) mass is 698 g/mol. The third kappa shape index (κ3) is 9.49. The van der Waals surface area contributed by atoms with Crippen LogP contribution in [0.3, 0.4) is 0 Å². The van der Waals surface area contributed by atoms with E-state index in [1.807, 2.05) is 6.92 Å². The maximum absolute atomic E-state index is 13.5. The van der Waals surface area contributed by atoms with Gasteiger partial charge >= 0.3 is 18.4 Å². The van der Waals surface area contributed by atoms with Crippen molar-refractivity contribution in [2.24, 2.45) is 5.28 Å². The highest BCUT2D eigenvalue weighted by atomic mass is 32.2. The molecule has 0 aliphatic carbocycles. The lowest BCUT2D eigenvalue weighted by atomic mass is 10.1. The highest BCUT2D eigenvalue weighted by Gasteiger charge is 2.36. The predicted molar refractivity (Wildman–Crippen MR) is 159 cm³/mol. The number of carbonyl (C=O) groups excluding carboxylic acids is 2. The van der Waals surface area contributed by atoms with Gasteiger partial charge < -0.3 is 19.4 Å². The van der Waals surface area contributed by atoms with Gasteiger partial charge in [-0.2, -0.15) is 18.3 Å². The van der Waals surface area contributed by atoms with E-state index in [0.29, 0.717) is 5.56 Å². The number of benzene rings is 2. The number of hydrogen-bond acceptors (Lipinski definition) is 11. The average Bonchev–Trinajstić information content (AvgIpc) is 3.63. The van der Waals surface area contributed by atoms with Gasteiger partial charge in [-0.05, 0) is 58.0 Å². The molecule has 3 aromatic rings. The van der Waals surface area contributed by atoms with Crippen molar-refractivity contribution < 1.29 is 55.2 Å². The third-order valence-electron chi connectivity index (χ3n) is 6.51. The zero-order valence-electron chi connectivity index (χ0n) is 26.4. The lowest BCUT2D eigenvalue weighted by molar-refractivity contribution is -0.709. The highest BCUT2D eigenvalue weighted by molar-refractivity contribution is 7.90. The summed E-state index contributed by atoms with van der Waals surface area (Å²) in [6, 6.07) is 12.3. The molecule has 15 nitrogen and oxygen atoms in total. The Labute approximate surface area is 273 Å². The zero-order valence-corrected chi connectivity index (χ0v) is 27.2. The molecular weight excluding hydrogens is 665 g/mol. The fraction of sp³-hybridized carbons (Fsp3) is 0.414. The number of hydrazine groups is 1. The molecule has 1 aliphatic rings. The summed E-state index contributed by atoms with van der Waals surface area (Å²) in [5, 5.41) is 20.3. The molecule has 4 rings (SSSR count). The quantitative estimate of drug-likeness (QED) is 0.0987. The smallest absolute Gasteiger partial charge is 0.511 e. The van der Waals surface area contributed by atoms with Crippen molar-refractivity contribution in [3.63, 3.8) is 0 Å². The molecule has 2 heterocycles. The number of rotatable bonds is 9. The van der Waals surface area contributed by atoms with E-state index in [1.165, 1.54) is 19.1 Å². The minimum Gasteiger partial charge on any atom is -0.569 e. The number of hydrogen-bond donors (Lipinski definition) is 1. The molecule has 2 atom stereocenters. The van der Waals surface area contributed by atoms with Crippen molar-refractivity contribution in [3.8, 4) is 16.9 Å². The van der Waals surface area contributed by atoms with Crippen molar-refractivity contribution in [2.75, 3.05) is 13.1 Å². The van der Waals surface area contributed by atoms with Crippen molar-refractivity contribution >= 4 is 22.3 Å². The van der Waals surface area contributed by atoms with E-state index in [9.17, 15) is 36.4 Å². The lowest BCUT2D eigenvalue weighted by Gasteiger charge is -2.20. The molecule has 1 fully saturated rings. The number of halogens is 3. The molecular formula is C29H33F3N6O9S. The summed E-state index contributed by atoms with van der Waals surface area (Å²) in [7, 11) is -4.46. The van der Waals surface area contributed by atoms with Gasteiger partial charge in [0.25, 0.3) is 16.3 Å². The number of aromatic nitrogens is 2. The maximum atomic E-state index is 13.5. The van der Waals surface area contributed by atoms with Gasteiger partial charge in [0.1, 0.15) is 18.2 Å². The number of sulfonamides is 1. The molecule has 260 valence electrons. The van der Waals surface area contributed by atoms with E-state index in [1.54, 1.807) is 49.8 Å². The second-order valence-corrected chi connectivity index (χ2v) is 13.3. The van der Waals surface area contributed by atoms with Crippen LogP contribution in [-0.2, 0) is 35.2 Å². The van der Waals surface area contributed by atoms with E-state index in [4.69, 9.17) is 19.0 Å². The third-order valence-corrected chi connectivity index (χ3v) is 7.84. The molecule has 1 aliphatic heterocycles. The van der Waals surface area contributed by atoms with Crippen molar-refractivity contribution in [3.05, 3.63) is 71.1 Å². The lowest BCUT2D eigenvalue weighted by Crippen LogP contribution is -2.36. The summed E-state index contributed by atoms with van der Waals surface area (Å²) in [5.41, 5.74) is -0.315. The fourth-order valence-electron chi connectivity index (χ4n) is 4.31. The van der Waals surface area contributed by atoms with Crippen LogP contribution in [0, 0.1) is 12.1 Å². The minimum absolute atomic E-state index is 0.0655. The molecule has 0 saturated carbocycles. The van der Waals surface area contributed by atoms with Crippen LogP contribution in [0.1, 0.15) is 45.4 Å². The average molecular weight is 699 g/mol. The van der Waals surface area contributed by atoms with Crippen LogP contribution in [0.15, 0.2) is 64.8 Å². The number of nitrogens with zero attached hydrogens (tertiary/aromatic N) is 5. The molecule has 1 saturated heterocycles. The van der Waals surface area contributed by atoms with E-state index in [2.05, 4.69) is 10.4 Å². The van der Waals surface area contributed by atoms with Crippen LogP contribution in [0.5, 0.6) is 0 Å². The van der Waals surface area contributed by atoms with E-state index >= 15 is 0 Å². The topological polar surface area (TPSA) is 177 Å². The van der Waals surface area contributed by atoms with Crippen LogP contribution in [0.25, 0.3) is 16.9 Å². The van der Waals surface area contributed by atoms with Crippen LogP contribution in [0.2, 0.25) is 0 Å². The molecule has 19 heteroatoms. The molecule has 48 heavy (non-hydrogen) atoms. The van der Waals surface area contributed by atoms with E-state index < -0.39 is 52.1 Å². The largest absolute Gasteiger partial charge is 0.569 e. The second kappa shape index (κ2) is 14.0. The summed E-state index contributed by atoms with van der Waals surface area (Å²) < 4.78 is 84.0. The maximum Gasteiger partial charge on any atom is 0.511 e. The van der Waals surface area contributed by atoms with Gasteiger partial charge in [-0.15, -0.1) is 5.01 Å². The SMILES string of the molecule is Cc1ccc(-c2cc(C(F)(F)F)nn2-c2ccc(S(=O)(=O)NC(=O)OC3CCN(/[N+]([O-])=N\OC(C)OC(=O)OC(C)(C)C)C3)cc2)cc1. The summed E-state index contributed by atoms with van der Waals surface area (Å²) in [4.78, 5) is 28.6. The van der Waals surface area contributed by atoms with E-state index in [0.717, 1.165) is 33.5 Å². The number of carbonyl (C=O) groups is 2. The van der Waals surface area contributed by atoms with Gasteiger partial charge in [-0.1, -0.05) is 29.8 Å². The van der Waals surface area contributed by atoms with Crippen molar-refractivity contribution in [2.45, 2.75) is 70.1 Å². The van der Waals surface area contributed by atoms with Gasteiger partial charge in [0.05, 0.1) is 27.8 Å². The minimum atomic E-state index is -4.72. The van der Waals surface area contributed by atoms with Gasteiger partial charge in [-0.3, -0.25) is 4.84 Å². The fourth-order valence-corrected chi connectivity index (χ4v) is 5.19. The van der Waals surface area contributed by atoms with Crippen LogP contribution in [-0.4, -0.2) is 71.5 Å². The predicted octanol–water partition coefficient (Wildman–Crippen LogP) is 5.46. The summed E-state index contributed by atoms with van der Waals surface area (Å²) >= 11 is 0. The number of nitrogens with one attached hydrogen (secondary N) is 1. The summed E-state index contributed by atoms with van der Waals surface area (Å²) in [6.07, 6.45) is -9.08. The molecule has 1 aromatic heterocycles. The number of alkyl halides is 3. The van der Waals surface area contributed by atoms with Gasteiger partial charge in [-0.25, -0.2) is 27.4 Å². The first-order valence-electron chi connectivity index (χ1n) is 14.4. The molecule has 2 aromatic carbocycles. The Morgan fingerprint density at radius 2 is 1.75 bits per heavy atom. The Morgan fingerprint density at radius 1 is 1.10 bits per heavy atom. The molecule has 1 N–H and O–H groups in total. The Hall–Kier alpha value is -5.07. The van der Waals surface area contributed by atoms with E-state index in [-0.39, 0.29) is 40.8 Å². The zero-order chi connectivity index (χ0) is 35.4. The summed E-state index contributed by atoms with van der Waals surface area (Å²) in [5.74, 6) is 0. The summed E-state index contributed by atoms with van der Waals surface area (Å²) in [6.45, 7) is 7.94. The Morgan fingerprint density at radius 3 is 2.35 bits per heavy atom. The standard InChI is InChI=1S/C29H33F3N6O9S/c1-18-6-8-20(9-7-18)24-16-25(29(30,31)32)33-37(24)21-10-12-23(13-11-21)48(42,43)34-26(39)45-22-14-15-36(17-22)38(41)35-47-19(2)44-27(40)46-28(3,4)5/h6-13,16,19,22H,14-15,17H2,1-5H3,(H,34,39)/b38-35+. The molecule has 0 radical (unpaired) electrons. The van der Waals surface area contributed by atoms with Crippen LogP contribution >= 0.6 is 0 Å². The molecule has 2 unspecified atom stereocenters. The second-order valence-electron chi connectivity index (χ2n) is 11.6. The number of aryl methyl sites for hydroxylation is 1. The van der Waals surface area contributed by atoms with Gasteiger partial charge in [0.2, 0.25) is 5.28 Å². The van der Waals surface area contributed by atoms with Crippen LogP contribution < -0.4 is 4.72 Å². The Balaban J connectivity index is 1.35. The number of amides is 1. The number of ether oxygens (including phenoxy) is 3. The molecule has 1 amide bonds. The van der Waals surface area contributed by atoms with Gasteiger partial charge in [0, 0.05) is 18.9 Å². The Bertz CT molecular complexity index is 1760. The normalized spacial score (nSPS) is 16.3. The Kier molecular flexibility index (Phi) is 10.4. The first-order chi connectivity index (χ1) is 22.3. The van der Waals surface area contributed by atoms with Crippen molar-refractivity contribution in [1.82, 2.24) is 19.5 Å². The van der Waals surface area contributed by atoms with Crippen molar-refractivity contribution in [1.29, 1.82) is 0 Å². The first kappa shape index (κ1) is 35.8. The van der Waals surface area contributed by atoms with Gasteiger partial charge in [0.15, 0.2) is 5.69 Å².